The summed E-state index contributed by atoms with van der Waals surface area (Å²) in [6.45, 7) is 8.76. The van der Waals surface area contributed by atoms with Crippen molar-refractivity contribution >= 4 is 0 Å². The number of ether oxygens (including phenoxy) is 1. The van der Waals surface area contributed by atoms with E-state index >= 15 is 0 Å². The molecule has 3 rings (SSSR count). The van der Waals surface area contributed by atoms with Crippen molar-refractivity contribution in [3.8, 4) is 0 Å². The molecule has 3 fully saturated rings. The van der Waals surface area contributed by atoms with E-state index in [1.54, 1.807) is 0 Å². The van der Waals surface area contributed by atoms with E-state index in [2.05, 4.69) is 26.1 Å². The Hall–Kier alpha value is -0.120. The molecule has 3 aliphatic rings. The lowest BCUT2D eigenvalue weighted by Gasteiger charge is -2.67. The first kappa shape index (κ1) is 13.8. The van der Waals surface area contributed by atoms with Gasteiger partial charge in [-0.15, -0.1) is 0 Å². The van der Waals surface area contributed by atoms with E-state index in [0.29, 0.717) is 17.6 Å². The van der Waals surface area contributed by atoms with Crippen molar-refractivity contribution in [3.63, 3.8) is 0 Å². The summed E-state index contributed by atoms with van der Waals surface area (Å²) in [6, 6.07) is 0. The first-order chi connectivity index (χ1) is 8.95. The minimum atomic E-state index is -0.0875. The van der Waals surface area contributed by atoms with E-state index in [1.165, 1.54) is 38.5 Å². The van der Waals surface area contributed by atoms with Crippen molar-refractivity contribution in [2.24, 2.45) is 17.1 Å². The second-order valence-corrected chi connectivity index (χ2v) is 7.64. The highest BCUT2D eigenvalue weighted by Crippen LogP contribution is 2.57. The molecule has 0 aromatic carbocycles. The van der Waals surface area contributed by atoms with Crippen LogP contribution in [0.25, 0.3) is 0 Å². The van der Waals surface area contributed by atoms with Gasteiger partial charge in [0, 0.05) is 35.6 Å². The van der Waals surface area contributed by atoms with Gasteiger partial charge in [0.2, 0.25) is 0 Å². The summed E-state index contributed by atoms with van der Waals surface area (Å²) < 4.78 is 5.98. The Balaban J connectivity index is 1.68. The fourth-order valence-corrected chi connectivity index (χ4v) is 4.62. The summed E-state index contributed by atoms with van der Waals surface area (Å²) in [5.74, 6) is 0.553. The number of fused-ring (bicyclic) bond motifs is 1. The molecule has 2 saturated carbocycles. The molecule has 0 aromatic heterocycles. The Bertz CT molecular complexity index is 345. The monoisotopic (exact) mass is 266 g/mol. The van der Waals surface area contributed by atoms with E-state index in [-0.39, 0.29) is 11.0 Å². The quantitative estimate of drug-likeness (QED) is 0.821. The average molecular weight is 266 g/mol. The molecule has 1 heterocycles. The highest BCUT2D eigenvalue weighted by Gasteiger charge is 2.66. The van der Waals surface area contributed by atoms with Crippen molar-refractivity contribution in [1.29, 1.82) is 0 Å². The summed E-state index contributed by atoms with van der Waals surface area (Å²) in [7, 11) is 0. The molecule has 0 aromatic rings. The molecule has 110 valence electrons. The van der Waals surface area contributed by atoms with Gasteiger partial charge in [-0.3, -0.25) is 0 Å². The zero-order valence-electron chi connectivity index (χ0n) is 12.8. The Kier molecular flexibility index (Phi) is 3.23. The third-order valence-corrected chi connectivity index (χ3v) is 6.64. The molecule has 0 radical (unpaired) electrons. The molecule has 2 aliphatic carbocycles. The molecule has 19 heavy (non-hydrogen) atoms. The van der Waals surface area contributed by atoms with Crippen LogP contribution in [-0.2, 0) is 4.74 Å². The van der Waals surface area contributed by atoms with Gasteiger partial charge < -0.3 is 15.8 Å². The highest BCUT2D eigenvalue weighted by molar-refractivity contribution is 5.21. The van der Waals surface area contributed by atoms with Gasteiger partial charge >= 0.3 is 0 Å². The number of hydrogen-bond donors (Lipinski definition) is 2. The zero-order valence-corrected chi connectivity index (χ0v) is 12.8. The van der Waals surface area contributed by atoms with Crippen LogP contribution in [-0.4, -0.2) is 30.3 Å². The highest BCUT2D eigenvalue weighted by atomic mass is 16.5. The maximum Gasteiger partial charge on any atom is 0.0690 e. The molecule has 0 amide bonds. The molecule has 1 aliphatic heterocycles. The first-order valence-electron chi connectivity index (χ1n) is 8.11. The van der Waals surface area contributed by atoms with Crippen molar-refractivity contribution in [1.82, 2.24) is 5.32 Å². The van der Waals surface area contributed by atoms with Crippen LogP contribution in [0.3, 0.4) is 0 Å². The third kappa shape index (κ3) is 1.81. The lowest BCUT2D eigenvalue weighted by atomic mass is 9.46. The van der Waals surface area contributed by atoms with Gasteiger partial charge in [-0.1, -0.05) is 20.8 Å². The number of nitrogens with one attached hydrogen (secondary N) is 1. The number of nitrogens with two attached hydrogens (primary N) is 1. The summed E-state index contributed by atoms with van der Waals surface area (Å²) in [5.41, 5.74) is 7.24. The van der Waals surface area contributed by atoms with Gasteiger partial charge in [0.15, 0.2) is 0 Å². The zero-order chi connectivity index (χ0) is 13.7. The summed E-state index contributed by atoms with van der Waals surface area (Å²) in [5, 5.41) is 3.83. The fraction of sp³-hybridized carbons (Fsp3) is 1.00. The van der Waals surface area contributed by atoms with Crippen LogP contribution in [0.2, 0.25) is 0 Å². The summed E-state index contributed by atoms with van der Waals surface area (Å²) in [4.78, 5) is 0. The minimum absolute atomic E-state index is 0.0875. The van der Waals surface area contributed by atoms with Crippen LogP contribution < -0.4 is 11.1 Å². The lowest BCUT2D eigenvalue weighted by Crippen LogP contribution is -2.81. The number of rotatable bonds is 4. The van der Waals surface area contributed by atoms with Gasteiger partial charge in [0.05, 0.1) is 6.10 Å². The molecule has 3 nitrogen and oxygen atoms in total. The second kappa shape index (κ2) is 4.44. The maximum absolute atomic E-state index is 6.83. The molecule has 0 spiro atoms. The van der Waals surface area contributed by atoms with Gasteiger partial charge in [-0.05, 0) is 38.5 Å². The molecule has 3 atom stereocenters. The average Bonchev–Trinajstić information content (AvgIpc) is 2.37. The van der Waals surface area contributed by atoms with E-state index in [4.69, 9.17) is 10.5 Å². The standard InChI is InChI=1S/C16H30N2O/c1-4-15(8-6-9-15)18-11-16(17)12-7-5-10-19-13(12)14(16,2)3/h12-13,18H,4-11,17H2,1-3H3. The van der Waals surface area contributed by atoms with Crippen LogP contribution >= 0.6 is 0 Å². The summed E-state index contributed by atoms with van der Waals surface area (Å²) in [6.07, 6.45) is 8.05. The van der Waals surface area contributed by atoms with Crippen LogP contribution in [0.4, 0.5) is 0 Å². The van der Waals surface area contributed by atoms with E-state index in [0.717, 1.165) is 13.2 Å². The molecule has 1 saturated heterocycles. The molecule has 3 unspecified atom stereocenters. The predicted octanol–water partition coefficient (Wildman–Crippen LogP) is 2.44. The minimum Gasteiger partial charge on any atom is -0.377 e. The molecule has 3 N–H and O–H groups in total. The largest absolute Gasteiger partial charge is 0.377 e. The topological polar surface area (TPSA) is 47.3 Å². The molecular weight excluding hydrogens is 236 g/mol. The second-order valence-electron chi connectivity index (χ2n) is 7.64. The molecular formula is C16H30N2O. The van der Waals surface area contributed by atoms with E-state index < -0.39 is 0 Å². The Morgan fingerprint density at radius 1 is 1.26 bits per heavy atom. The fourth-order valence-electron chi connectivity index (χ4n) is 4.62. The van der Waals surface area contributed by atoms with Crippen LogP contribution in [0, 0.1) is 11.3 Å². The maximum atomic E-state index is 6.83. The van der Waals surface area contributed by atoms with Crippen molar-refractivity contribution in [2.45, 2.75) is 76.5 Å². The molecule has 3 heteroatoms. The van der Waals surface area contributed by atoms with Crippen LogP contribution in [0.5, 0.6) is 0 Å². The lowest BCUT2D eigenvalue weighted by molar-refractivity contribution is -0.227. The van der Waals surface area contributed by atoms with Crippen LogP contribution in [0.1, 0.15) is 59.3 Å². The Morgan fingerprint density at radius 3 is 2.58 bits per heavy atom. The first-order valence-corrected chi connectivity index (χ1v) is 8.11. The molecule has 0 bridgehead atoms. The number of hydrogen-bond acceptors (Lipinski definition) is 3. The predicted molar refractivity (Wildman–Crippen MR) is 78.0 cm³/mol. The normalized spacial score (nSPS) is 42.9. The van der Waals surface area contributed by atoms with Gasteiger partial charge in [-0.25, -0.2) is 0 Å². The summed E-state index contributed by atoms with van der Waals surface area (Å²) >= 11 is 0. The van der Waals surface area contributed by atoms with Gasteiger partial charge in [0.1, 0.15) is 0 Å². The Labute approximate surface area is 117 Å². The SMILES string of the molecule is CCC1(NCC2(N)C3CCCOC3C2(C)C)CCC1. The van der Waals surface area contributed by atoms with Gasteiger partial charge in [-0.2, -0.15) is 0 Å². The third-order valence-electron chi connectivity index (χ3n) is 6.64. The smallest absolute Gasteiger partial charge is 0.0690 e. The van der Waals surface area contributed by atoms with E-state index in [9.17, 15) is 0 Å². The van der Waals surface area contributed by atoms with Crippen LogP contribution in [0.15, 0.2) is 0 Å². The van der Waals surface area contributed by atoms with E-state index in [1.807, 2.05) is 0 Å². The van der Waals surface area contributed by atoms with Crippen molar-refractivity contribution in [2.75, 3.05) is 13.2 Å². The van der Waals surface area contributed by atoms with Crippen molar-refractivity contribution in [3.05, 3.63) is 0 Å². The van der Waals surface area contributed by atoms with Crippen molar-refractivity contribution < 1.29 is 4.74 Å². The Morgan fingerprint density at radius 2 is 2.00 bits per heavy atom. The van der Waals surface area contributed by atoms with Gasteiger partial charge in [0.25, 0.3) is 0 Å².